The van der Waals surface area contributed by atoms with E-state index in [9.17, 15) is 18.0 Å². The molecule has 1 atom stereocenters. The summed E-state index contributed by atoms with van der Waals surface area (Å²) in [5, 5.41) is 2.72. The van der Waals surface area contributed by atoms with Crippen LogP contribution in [0, 0.1) is 6.92 Å². The number of piperazine rings is 1. The molecular formula is C24H27N3O5S. The van der Waals surface area contributed by atoms with Crippen LogP contribution in [0.25, 0.3) is 6.08 Å². The standard InChI is InChI=1S/C24H27N3O5S/c1-3-21-24(29)25-20-16-19(9-10-22(20)32-21)33(30,31)27-14-12-26(13-15-27)23(28)11-8-18-6-4-17(2)5-7-18/h4-11,16,21H,3,12-15H2,1-2H3,(H,25,29). The molecule has 4 rings (SSSR count). The number of carbonyl (C=O) groups excluding carboxylic acids is 2. The van der Waals surface area contributed by atoms with Crippen molar-refractivity contribution in [3.63, 3.8) is 0 Å². The Balaban J connectivity index is 1.40. The fourth-order valence-electron chi connectivity index (χ4n) is 3.81. The molecule has 1 fully saturated rings. The molecule has 0 spiro atoms. The van der Waals surface area contributed by atoms with Gasteiger partial charge in [0.1, 0.15) is 5.75 Å². The topological polar surface area (TPSA) is 96.0 Å². The number of nitrogens with one attached hydrogen (secondary N) is 1. The molecule has 2 aliphatic heterocycles. The molecule has 9 heteroatoms. The first-order chi connectivity index (χ1) is 15.8. The van der Waals surface area contributed by atoms with Crippen LogP contribution in [0.15, 0.2) is 53.4 Å². The van der Waals surface area contributed by atoms with Gasteiger partial charge < -0.3 is 15.0 Å². The molecule has 174 valence electrons. The number of anilines is 1. The summed E-state index contributed by atoms with van der Waals surface area (Å²) in [6.07, 6.45) is 3.22. The highest BCUT2D eigenvalue weighted by molar-refractivity contribution is 7.89. The van der Waals surface area contributed by atoms with Gasteiger partial charge in [-0.1, -0.05) is 36.8 Å². The maximum atomic E-state index is 13.1. The predicted octanol–water partition coefficient (Wildman–Crippen LogP) is 2.65. The average molecular weight is 470 g/mol. The minimum absolute atomic E-state index is 0.0825. The van der Waals surface area contributed by atoms with Crippen molar-refractivity contribution in [2.45, 2.75) is 31.3 Å². The number of aryl methyl sites for hydroxylation is 1. The quantitative estimate of drug-likeness (QED) is 0.680. The van der Waals surface area contributed by atoms with E-state index in [-0.39, 0.29) is 29.8 Å². The zero-order chi connectivity index (χ0) is 23.6. The van der Waals surface area contributed by atoms with E-state index in [0.29, 0.717) is 30.9 Å². The fourth-order valence-corrected chi connectivity index (χ4v) is 5.26. The highest BCUT2D eigenvalue weighted by Crippen LogP contribution is 2.33. The van der Waals surface area contributed by atoms with Crippen molar-refractivity contribution in [3.05, 3.63) is 59.7 Å². The number of sulfonamides is 1. The third-order valence-corrected chi connectivity index (χ3v) is 7.72. The minimum atomic E-state index is -3.77. The summed E-state index contributed by atoms with van der Waals surface area (Å²) in [6.45, 7) is 4.85. The van der Waals surface area contributed by atoms with E-state index in [1.54, 1.807) is 17.0 Å². The minimum Gasteiger partial charge on any atom is -0.478 e. The maximum Gasteiger partial charge on any atom is 0.265 e. The lowest BCUT2D eigenvalue weighted by Crippen LogP contribution is -2.50. The fraction of sp³-hybridized carbons (Fsp3) is 0.333. The molecule has 0 radical (unpaired) electrons. The van der Waals surface area contributed by atoms with Crippen LogP contribution >= 0.6 is 0 Å². The number of benzene rings is 2. The summed E-state index contributed by atoms with van der Waals surface area (Å²) >= 11 is 0. The maximum absolute atomic E-state index is 13.1. The van der Waals surface area contributed by atoms with Crippen LogP contribution < -0.4 is 10.1 Å². The third kappa shape index (κ3) is 4.94. The molecule has 2 aromatic rings. The number of rotatable bonds is 5. The van der Waals surface area contributed by atoms with E-state index in [1.807, 2.05) is 38.1 Å². The van der Waals surface area contributed by atoms with E-state index < -0.39 is 16.1 Å². The van der Waals surface area contributed by atoms with Crippen LogP contribution in [0.1, 0.15) is 24.5 Å². The Labute approximate surface area is 193 Å². The zero-order valence-corrected chi connectivity index (χ0v) is 19.5. The van der Waals surface area contributed by atoms with Gasteiger partial charge in [0, 0.05) is 32.3 Å². The number of ether oxygens (including phenoxy) is 1. The molecule has 0 saturated carbocycles. The Morgan fingerprint density at radius 3 is 2.48 bits per heavy atom. The summed E-state index contributed by atoms with van der Waals surface area (Å²) in [5.41, 5.74) is 2.43. The number of carbonyl (C=O) groups is 2. The number of nitrogens with zero attached hydrogens (tertiary/aromatic N) is 2. The second kappa shape index (κ2) is 9.36. The summed E-state index contributed by atoms with van der Waals surface area (Å²) in [7, 11) is -3.77. The van der Waals surface area contributed by atoms with Crippen LogP contribution in [0.4, 0.5) is 5.69 Å². The lowest BCUT2D eigenvalue weighted by molar-refractivity contribution is -0.127. The van der Waals surface area contributed by atoms with Crippen LogP contribution in [0.2, 0.25) is 0 Å². The molecule has 8 nitrogen and oxygen atoms in total. The predicted molar refractivity (Wildman–Crippen MR) is 125 cm³/mol. The van der Waals surface area contributed by atoms with Crippen LogP contribution in [-0.4, -0.2) is 61.7 Å². The van der Waals surface area contributed by atoms with E-state index in [1.165, 1.54) is 22.5 Å². The van der Waals surface area contributed by atoms with Gasteiger partial charge in [-0.25, -0.2) is 8.42 Å². The normalized spacial score (nSPS) is 19.2. The third-order valence-electron chi connectivity index (χ3n) is 5.83. The van der Waals surface area contributed by atoms with Crippen molar-refractivity contribution < 1.29 is 22.7 Å². The Morgan fingerprint density at radius 1 is 1.12 bits per heavy atom. The molecular weight excluding hydrogens is 442 g/mol. The molecule has 0 aromatic heterocycles. The zero-order valence-electron chi connectivity index (χ0n) is 18.7. The van der Waals surface area contributed by atoms with Crippen molar-refractivity contribution >= 4 is 33.6 Å². The van der Waals surface area contributed by atoms with Gasteiger partial charge in [-0.05, 0) is 43.2 Å². The molecule has 33 heavy (non-hydrogen) atoms. The molecule has 2 heterocycles. The molecule has 2 aliphatic rings. The van der Waals surface area contributed by atoms with Crippen molar-refractivity contribution in [1.29, 1.82) is 0 Å². The Kier molecular flexibility index (Phi) is 6.53. The Morgan fingerprint density at radius 2 is 1.82 bits per heavy atom. The van der Waals surface area contributed by atoms with Crippen molar-refractivity contribution in [2.24, 2.45) is 0 Å². The highest BCUT2D eigenvalue weighted by atomic mass is 32.2. The molecule has 0 aliphatic carbocycles. The number of fused-ring (bicyclic) bond motifs is 1. The highest BCUT2D eigenvalue weighted by Gasteiger charge is 2.32. The average Bonchev–Trinajstić information content (AvgIpc) is 2.82. The second-order valence-corrected chi connectivity index (χ2v) is 10.1. The van der Waals surface area contributed by atoms with Crippen molar-refractivity contribution in [2.75, 3.05) is 31.5 Å². The first kappa shape index (κ1) is 23.0. The Hall–Kier alpha value is -3.17. The lowest BCUT2D eigenvalue weighted by atomic mass is 10.1. The molecule has 2 amide bonds. The van der Waals surface area contributed by atoms with E-state index >= 15 is 0 Å². The van der Waals surface area contributed by atoms with E-state index in [4.69, 9.17) is 4.74 Å². The van der Waals surface area contributed by atoms with Crippen molar-refractivity contribution in [1.82, 2.24) is 9.21 Å². The van der Waals surface area contributed by atoms with E-state index in [2.05, 4.69) is 5.32 Å². The van der Waals surface area contributed by atoms with Gasteiger partial charge >= 0.3 is 0 Å². The largest absolute Gasteiger partial charge is 0.478 e. The van der Waals surface area contributed by atoms with Gasteiger partial charge in [0.2, 0.25) is 15.9 Å². The molecule has 1 N–H and O–H groups in total. The van der Waals surface area contributed by atoms with Gasteiger partial charge in [0.25, 0.3) is 5.91 Å². The number of hydrogen-bond acceptors (Lipinski definition) is 5. The summed E-state index contributed by atoms with van der Waals surface area (Å²) in [5.74, 6) is 0.0216. The molecule has 1 unspecified atom stereocenters. The smallest absolute Gasteiger partial charge is 0.265 e. The van der Waals surface area contributed by atoms with Gasteiger partial charge in [-0.2, -0.15) is 4.31 Å². The van der Waals surface area contributed by atoms with E-state index in [0.717, 1.165) is 11.1 Å². The number of amides is 2. The Bertz CT molecular complexity index is 1180. The molecule has 2 aromatic carbocycles. The second-order valence-electron chi connectivity index (χ2n) is 8.14. The van der Waals surface area contributed by atoms with Crippen LogP contribution in [0.3, 0.4) is 0 Å². The van der Waals surface area contributed by atoms with Gasteiger partial charge in [-0.15, -0.1) is 0 Å². The van der Waals surface area contributed by atoms with Gasteiger partial charge in [-0.3, -0.25) is 9.59 Å². The first-order valence-corrected chi connectivity index (χ1v) is 12.4. The lowest BCUT2D eigenvalue weighted by Gasteiger charge is -2.33. The number of hydrogen-bond donors (Lipinski definition) is 1. The van der Waals surface area contributed by atoms with Gasteiger partial charge in [0.15, 0.2) is 6.10 Å². The summed E-state index contributed by atoms with van der Waals surface area (Å²) in [6, 6.07) is 12.3. The molecule has 0 bridgehead atoms. The van der Waals surface area contributed by atoms with Crippen molar-refractivity contribution in [3.8, 4) is 5.75 Å². The molecule has 1 saturated heterocycles. The monoisotopic (exact) mass is 469 g/mol. The van der Waals surface area contributed by atoms with Gasteiger partial charge in [0.05, 0.1) is 10.6 Å². The summed E-state index contributed by atoms with van der Waals surface area (Å²) in [4.78, 5) is 26.3. The van der Waals surface area contributed by atoms with Crippen LogP contribution in [0.5, 0.6) is 5.75 Å². The SMILES string of the molecule is CCC1Oc2ccc(S(=O)(=O)N3CCN(C(=O)C=Cc4ccc(C)cc4)CC3)cc2NC1=O. The first-order valence-electron chi connectivity index (χ1n) is 10.9. The van der Waals surface area contributed by atoms with Crippen LogP contribution in [-0.2, 0) is 19.6 Å². The summed E-state index contributed by atoms with van der Waals surface area (Å²) < 4.78 is 33.3.